The Morgan fingerprint density at radius 1 is 0.460 bits per heavy atom. The summed E-state index contributed by atoms with van der Waals surface area (Å²) in [5.41, 5.74) is 9.03. The number of nitrogens with one attached hydrogen (secondary N) is 1. The predicted octanol–water partition coefficient (Wildman–Crippen LogP) is 14.2. The van der Waals surface area contributed by atoms with Crippen LogP contribution in [0.1, 0.15) is 160 Å². The summed E-state index contributed by atoms with van der Waals surface area (Å²) in [6.07, 6.45) is 27.9. The van der Waals surface area contributed by atoms with Crippen LogP contribution in [0.2, 0.25) is 0 Å². The Balaban J connectivity index is 0.000000136. The molecule has 0 bridgehead atoms. The van der Waals surface area contributed by atoms with Gasteiger partial charge in [-0.25, -0.2) is 54.8 Å². The molecule has 1 aliphatic rings. The van der Waals surface area contributed by atoms with Gasteiger partial charge in [0, 0.05) is 104 Å². The van der Waals surface area contributed by atoms with Crippen LogP contribution >= 0.6 is 0 Å². The molecular formula is C67H88N18O2. The number of ether oxygens (including phenoxy) is 1. The second-order valence-corrected chi connectivity index (χ2v) is 27.7. The van der Waals surface area contributed by atoms with Crippen LogP contribution in [0.3, 0.4) is 0 Å². The van der Waals surface area contributed by atoms with E-state index in [1.807, 2.05) is 54.5 Å². The van der Waals surface area contributed by atoms with Crippen LogP contribution in [-0.4, -0.2) is 94.3 Å². The van der Waals surface area contributed by atoms with Gasteiger partial charge in [-0.1, -0.05) is 6.58 Å². The molecule has 20 heteroatoms. The van der Waals surface area contributed by atoms with Crippen molar-refractivity contribution in [3.63, 3.8) is 0 Å². The Morgan fingerprint density at radius 3 is 1.36 bits per heavy atom. The van der Waals surface area contributed by atoms with Crippen LogP contribution in [-0.2, 0) is 33.2 Å². The molecule has 1 aliphatic carbocycles. The molecule has 0 aliphatic heterocycles. The van der Waals surface area contributed by atoms with Gasteiger partial charge in [0.25, 0.3) is 5.56 Å². The van der Waals surface area contributed by atoms with Crippen LogP contribution in [0.4, 0.5) is 0 Å². The van der Waals surface area contributed by atoms with Gasteiger partial charge in [0.15, 0.2) is 0 Å². The Hall–Kier alpha value is -8.94. The molecule has 12 aromatic heterocycles. The number of aromatic amines is 1. The standard InChI is InChI=1S/C13H17N3.C12H15N3.C11H15N3O.C11H15N3.C10H13N3O.C10H13N3/c1-13(2,3)16-7-6-10-11(9-4-5-9)14-8-15-12(10)16;1-5-10-9-6-7-15(12(2,3)4)11(9)14-8-13-10;1-11(2,3)14-6-5-8-9(14)12-7-13-10(8)15-4;1-8-9-5-6-14(11(2,3)4)10(9)13-7-12-8;1-10(2,3)13-5-4-7-8(13)11-6-12-9(7)14;1-10(2,3)13-5-4-8-6-11-7-12-9(8)13/h6-9H,4-5H2,1-3H3;5-8H,1H2,2-4H3;5-7H,1-4H3;5-7H,1-4H3;4-6H,1-3H3,(H,11,12,14);4-7H,1-3H3. The maximum atomic E-state index is 11.4. The third-order valence-corrected chi connectivity index (χ3v) is 14.7. The minimum atomic E-state index is -0.0852. The summed E-state index contributed by atoms with van der Waals surface area (Å²) in [4.78, 5) is 60.6. The Bertz CT molecular complexity index is 4370. The minimum absolute atomic E-state index is 0.0150. The summed E-state index contributed by atoms with van der Waals surface area (Å²) in [5, 5.41) is 6.12. The van der Waals surface area contributed by atoms with Crippen LogP contribution in [0.15, 0.2) is 129 Å². The van der Waals surface area contributed by atoms with E-state index in [0.717, 1.165) is 66.8 Å². The zero-order chi connectivity index (χ0) is 63.6. The smallest absolute Gasteiger partial charge is 0.260 e. The molecule has 13 rings (SSSR count). The van der Waals surface area contributed by atoms with Gasteiger partial charge in [0.2, 0.25) is 5.88 Å². The fourth-order valence-corrected chi connectivity index (χ4v) is 10.0. The number of H-pyrrole nitrogens is 1. The van der Waals surface area contributed by atoms with E-state index in [9.17, 15) is 4.79 Å². The van der Waals surface area contributed by atoms with E-state index in [2.05, 4.69) is 245 Å². The van der Waals surface area contributed by atoms with Gasteiger partial charge in [0.1, 0.15) is 65.5 Å². The first-order chi connectivity index (χ1) is 40.7. The normalized spacial score (nSPS) is 13.0. The molecule has 20 nitrogen and oxygen atoms in total. The number of aryl methyl sites for hydroxylation is 1. The molecule has 0 aromatic carbocycles. The maximum Gasteiger partial charge on any atom is 0.260 e. The number of nitrogens with zero attached hydrogens (tertiary/aromatic N) is 17. The molecule has 12 heterocycles. The SMILES string of the molecule is C=Cc1ncnc2c1ccn2C(C)(C)C.CC(C)(C)n1ccc2c(=O)[nH]cnc21.CC(C)(C)n1ccc2c(C3CC3)ncnc21.CC(C)(C)n1ccc2cncnc21.COc1ncnc2c1ccn2C(C)(C)C.Cc1ncnc2c1ccn2C(C)(C)C. The second kappa shape index (κ2) is 24.8. The lowest BCUT2D eigenvalue weighted by molar-refractivity contribution is 0.399. The van der Waals surface area contributed by atoms with E-state index in [1.54, 1.807) is 44.6 Å². The highest BCUT2D eigenvalue weighted by atomic mass is 16.5. The molecule has 0 saturated heterocycles. The summed E-state index contributed by atoms with van der Waals surface area (Å²) in [6, 6.07) is 12.1. The molecule has 12 aromatic rings. The molecule has 0 spiro atoms. The maximum absolute atomic E-state index is 11.4. The van der Waals surface area contributed by atoms with Crippen molar-refractivity contribution in [1.82, 2.24) is 87.2 Å². The van der Waals surface area contributed by atoms with E-state index in [4.69, 9.17) is 4.74 Å². The molecule has 0 amide bonds. The first-order valence-electron chi connectivity index (χ1n) is 29.5. The van der Waals surface area contributed by atoms with Crippen molar-refractivity contribution in [2.75, 3.05) is 7.11 Å². The monoisotopic (exact) mass is 1180 g/mol. The third-order valence-electron chi connectivity index (χ3n) is 14.7. The van der Waals surface area contributed by atoms with Gasteiger partial charge in [-0.15, -0.1) is 0 Å². The highest BCUT2D eigenvalue weighted by molar-refractivity contribution is 5.85. The summed E-state index contributed by atoms with van der Waals surface area (Å²) >= 11 is 0. The van der Waals surface area contributed by atoms with E-state index < -0.39 is 0 Å². The van der Waals surface area contributed by atoms with Crippen molar-refractivity contribution in [1.29, 1.82) is 0 Å². The van der Waals surface area contributed by atoms with Crippen molar-refractivity contribution < 1.29 is 4.74 Å². The number of aromatic nitrogens is 18. The van der Waals surface area contributed by atoms with Crippen LogP contribution in [0, 0.1) is 6.92 Å². The minimum Gasteiger partial charge on any atom is -0.480 e. The number of rotatable bonds is 3. The quantitative estimate of drug-likeness (QED) is 0.174. The topological polar surface area (TPSA) is 213 Å². The van der Waals surface area contributed by atoms with E-state index in [0.29, 0.717) is 17.2 Å². The first kappa shape index (κ1) is 64.1. The molecule has 1 fully saturated rings. The lowest BCUT2D eigenvalue weighted by Crippen LogP contribution is -2.21. The fourth-order valence-electron chi connectivity index (χ4n) is 10.0. The van der Waals surface area contributed by atoms with Crippen LogP contribution < -0.4 is 10.3 Å². The zero-order valence-electron chi connectivity index (χ0n) is 54.7. The molecule has 1 saturated carbocycles. The zero-order valence-corrected chi connectivity index (χ0v) is 54.7. The number of fused-ring (bicyclic) bond motifs is 6. The van der Waals surface area contributed by atoms with E-state index in [-0.39, 0.29) is 38.8 Å². The lowest BCUT2D eigenvalue weighted by Gasteiger charge is -2.21. The van der Waals surface area contributed by atoms with Crippen LogP contribution in [0.25, 0.3) is 72.3 Å². The third kappa shape index (κ3) is 14.5. The average Bonchev–Trinajstić information content (AvgIpc) is 1.97. The van der Waals surface area contributed by atoms with Crippen molar-refractivity contribution in [2.45, 2.75) is 184 Å². The predicted molar refractivity (Wildman–Crippen MR) is 351 cm³/mol. The summed E-state index contributed by atoms with van der Waals surface area (Å²) in [5.74, 6) is 1.31. The molecule has 0 atom stereocenters. The van der Waals surface area contributed by atoms with Gasteiger partial charge in [-0.3, -0.25) is 4.79 Å². The van der Waals surface area contributed by atoms with Gasteiger partial charge < -0.3 is 37.1 Å². The molecule has 458 valence electrons. The molecule has 1 N–H and O–H groups in total. The fraction of sp³-hybridized carbons (Fsp3) is 0.433. The van der Waals surface area contributed by atoms with Gasteiger partial charge >= 0.3 is 0 Å². The van der Waals surface area contributed by atoms with Gasteiger partial charge in [-0.05, 0) is 187 Å². The lowest BCUT2D eigenvalue weighted by atomic mass is 10.1. The summed E-state index contributed by atoms with van der Waals surface area (Å²) in [7, 11) is 1.62. The molecule has 0 unspecified atom stereocenters. The van der Waals surface area contributed by atoms with E-state index >= 15 is 0 Å². The molecule has 87 heavy (non-hydrogen) atoms. The Morgan fingerprint density at radius 2 is 0.851 bits per heavy atom. The average molecular weight is 1180 g/mol. The Kier molecular flexibility index (Phi) is 18.3. The van der Waals surface area contributed by atoms with Crippen molar-refractivity contribution in [3.05, 3.63) is 152 Å². The van der Waals surface area contributed by atoms with Gasteiger partial charge in [-0.2, -0.15) is 0 Å². The highest BCUT2D eigenvalue weighted by Crippen LogP contribution is 2.42. The highest BCUT2D eigenvalue weighted by Gasteiger charge is 2.29. The Labute approximate surface area is 510 Å². The van der Waals surface area contributed by atoms with Crippen molar-refractivity contribution >= 4 is 72.3 Å². The largest absolute Gasteiger partial charge is 0.480 e. The van der Waals surface area contributed by atoms with E-state index in [1.165, 1.54) is 36.6 Å². The number of methoxy groups -OCH3 is 1. The number of hydrogen-bond acceptors (Lipinski definition) is 13. The first-order valence-corrected chi connectivity index (χ1v) is 29.5. The van der Waals surface area contributed by atoms with Crippen molar-refractivity contribution in [3.8, 4) is 5.88 Å². The van der Waals surface area contributed by atoms with Gasteiger partial charge in [0.05, 0.1) is 41.3 Å². The summed E-state index contributed by atoms with van der Waals surface area (Å²) in [6.45, 7) is 44.5. The summed E-state index contributed by atoms with van der Waals surface area (Å²) < 4.78 is 18.0. The van der Waals surface area contributed by atoms with Crippen LogP contribution in [0.5, 0.6) is 5.88 Å². The van der Waals surface area contributed by atoms with Crippen molar-refractivity contribution in [2.24, 2.45) is 0 Å². The molecule has 0 radical (unpaired) electrons. The molecular weight excluding hydrogens is 1090 g/mol. The second-order valence-electron chi connectivity index (χ2n) is 27.7. The number of hydrogen-bond donors (Lipinski definition) is 1.